The molecule has 184 valence electrons. The number of benzene rings is 4. The third kappa shape index (κ3) is 5.61. The van der Waals surface area contributed by atoms with E-state index in [1.807, 2.05) is 0 Å². The molecule has 0 saturated heterocycles. The number of hydrogen-bond acceptors (Lipinski definition) is 3. The van der Waals surface area contributed by atoms with E-state index in [2.05, 4.69) is 6.58 Å². The normalized spacial score (nSPS) is 11.7. The Morgan fingerprint density at radius 1 is 0.778 bits per heavy atom. The standard InChI is InChI=1S/C30H25F3O3/c1-3-16-35-25-13-15-26(28(31)17-25)21-8-11-24(12-9-21)36-18-23-10-14-27(30(33)29(23)32)22-6-4-20(5-7-22)19(2)34/h3-15,17,19,34H,1,16,18H2,2H3. The lowest BCUT2D eigenvalue weighted by Gasteiger charge is -2.12. The molecule has 6 heteroatoms. The van der Waals surface area contributed by atoms with Crippen molar-refractivity contribution in [2.75, 3.05) is 6.61 Å². The van der Waals surface area contributed by atoms with Crippen LogP contribution in [0.25, 0.3) is 22.3 Å². The molecule has 0 saturated carbocycles. The highest BCUT2D eigenvalue weighted by Gasteiger charge is 2.16. The fourth-order valence-corrected chi connectivity index (χ4v) is 3.73. The summed E-state index contributed by atoms with van der Waals surface area (Å²) in [6.45, 7) is 5.31. The molecule has 0 radical (unpaired) electrons. The van der Waals surface area contributed by atoms with Gasteiger partial charge in [-0.3, -0.25) is 0 Å². The summed E-state index contributed by atoms with van der Waals surface area (Å²) >= 11 is 0. The lowest BCUT2D eigenvalue weighted by atomic mass is 10.00. The summed E-state index contributed by atoms with van der Waals surface area (Å²) in [6, 6.07) is 20.9. The molecule has 1 unspecified atom stereocenters. The van der Waals surface area contributed by atoms with Crippen molar-refractivity contribution in [3.63, 3.8) is 0 Å². The third-order valence-electron chi connectivity index (χ3n) is 5.73. The summed E-state index contributed by atoms with van der Waals surface area (Å²) in [5.74, 6) is -1.53. The first-order chi connectivity index (χ1) is 17.4. The van der Waals surface area contributed by atoms with Crippen LogP contribution < -0.4 is 9.47 Å². The summed E-state index contributed by atoms with van der Waals surface area (Å²) in [4.78, 5) is 0. The second-order valence-electron chi connectivity index (χ2n) is 8.25. The highest BCUT2D eigenvalue weighted by Crippen LogP contribution is 2.30. The Hall–Kier alpha value is -4.03. The van der Waals surface area contributed by atoms with Gasteiger partial charge in [0.05, 0.1) is 6.10 Å². The van der Waals surface area contributed by atoms with Gasteiger partial charge in [0.15, 0.2) is 11.6 Å². The highest BCUT2D eigenvalue weighted by atomic mass is 19.2. The lowest BCUT2D eigenvalue weighted by Crippen LogP contribution is -2.02. The SMILES string of the molecule is C=CCOc1ccc(-c2ccc(OCc3ccc(-c4ccc(C(C)O)cc4)c(F)c3F)cc2)c(F)c1. The van der Waals surface area contributed by atoms with Crippen molar-refractivity contribution < 1.29 is 27.8 Å². The molecular weight excluding hydrogens is 465 g/mol. The fraction of sp³-hybridized carbons (Fsp3) is 0.133. The van der Waals surface area contributed by atoms with Gasteiger partial charge in [0.2, 0.25) is 0 Å². The molecular formula is C30H25F3O3. The van der Waals surface area contributed by atoms with Crippen molar-refractivity contribution in [1.82, 2.24) is 0 Å². The lowest BCUT2D eigenvalue weighted by molar-refractivity contribution is 0.199. The van der Waals surface area contributed by atoms with Crippen molar-refractivity contribution in [1.29, 1.82) is 0 Å². The Labute approximate surface area is 208 Å². The molecule has 0 aliphatic rings. The third-order valence-corrected chi connectivity index (χ3v) is 5.73. The molecule has 36 heavy (non-hydrogen) atoms. The topological polar surface area (TPSA) is 38.7 Å². The Kier molecular flexibility index (Phi) is 7.76. The van der Waals surface area contributed by atoms with Crippen LogP contribution in [0.5, 0.6) is 11.5 Å². The van der Waals surface area contributed by atoms with Crippen LogP contribution in [0.2, 0.25) is 0 Å². The van der Waals surface area contributed by atoms with Crippen LogP contribution in [0.15, 0.2) is 91.5 Å². The minimum absolute atomic E-state index is 0.0714. The molecule has 0 aliphatic heterocycles. The summed E-state index contributed by atoms with van der Waals surface area (Å²) in [7, 11) is 0. The van der Waals surface area contributed by atoms with Crippen molar-refractivity contribution in [3.05, 3.63) is 120 Å². The number of halogens is 3. The van der Waals surface area contributed by atoms with Crippen molar-refractivity contribution in [2.45, 2.75) is 19.6 Å². The molecule has 4 rings (SSSR count). The zero-order valence-electron chi connectivity index (χ0n) is 19.7. The maximum Gasteiger partial charge on any atom is 0.167 e. The van der Waals surface area contributed by atoms with Crippen LogP contribution >= 0.6 is 0 Å². The van der Waals surface area contributed by atoms with Gasteiger partial charge in [0.25, 0.3) is 0 Å². The smallest absolute Gasteiger partial charge is 0.167 e. The van der Waals surface area contributed by atoms with Crippen LogP contribution in [0.4, 0.5) is 13.2 Å². The number of aliphatic hydroxyl groups excluding tert-OH is 1. The molecule has 0 fully saturated rings. The molecule has 0 bridgehead atoms. The molecule has 1 atom stereocenters. The van der Waals surface area contributed by atoms with Crippen molar-refractivity contribution in [3.8, 4) is 33.8 Å². The molecule has 0 aromatic heterocycles. The first-order valence-corrected chi connectivity index (χ1v) is 11.4. The van der Waals surface area contributed by atoms with Gasteiger partial charge in [-0.1, -0.05) is 61.2 Å². The van der Waals surface area contributed by atoms with E-state index < -0.39 is 23.6 Å². The maximum atomic E-state index is 14.8. The van der Waals surface area contributed by atoms with Crippen LogP contribution in [0, 0.1) is 17.5 Å². The fourth-order valence-electron chi connectivity index (χ4n) is 3.73. The molecule has 0 spiro atoms. The number of hydrogen-bond donors (Lipinski definition) is 1. The quantitative estimate of drug-likeness (QED) is 0.245. The second-order valence-corrected chi connectivity index (χ2v) is 8.25. The van der Waals surface area contributed by atoms with Gasteiger partial charge in [0, 0.05) is 22.8 Å². The van der Waals surface area contributed by atoms with Crippen LogP contribution in [0.1, 0.15) is 24.2 Å². The van der Waals surface area contributed by atoms with E-state index in [9.17, 15) is 18.3 Å². The highest BCUT2D eigenvalue weighted by molar-refractivity contribution is 5.66. The van der Waals surface area contributed by atoms with Crippen LogP contribution in [-0.4, -0.2) is 11.7 Å². The van der Waals surface area contributed by atoms with Gasteiger partial charge in [0.1, 0.15) is 30.5 Å². The Morgan fingerprint density at radius 2 is 1.39 bits per heavy atom. The second kappa shape index (κ2) is 11.1. The average molecular weight is 491 g/mol. The zero-order chi connectivity index (χ0) is 25.7. The molecule has 3 nitrogen and oxygen atoms in total. The van der Waals surface area contributed by atoms with Gasteiger partial charge in [-0.2, -0.15) is 0 Å². The number of ether oxygens (including phenoxy) is 2. The first-order valence-electron chi connectivity index (χ1n) is 11.4. The summed E-state index contributed by atoms with van der Waals surface area (Å²) in [6.07, 6.45) is 0.938. The Balaban J connectivity index is 1.44. The molecule has 1 N–H and O–H groups in total. The average Bonchev–Trinajstić information content (AvgIpc) is 2.89. The zero-order valence-corrected chi connectivity index (χ0v) is 19.7. The van der Waals surface area contributed by atoms with E-state index in [1.165, 1.54) is 18.2 Å². The monoisotopic (exact) mass is 490 g/mol. The minimum Gasteiger partial charge on any atom is -0.489 e. The van der Waals surface area contributed by atoms with E-state index in [4.69, 9.17) is 9.47 Å². The van der Waals surface area contributed by atoms with Crippen molar-refractivity contribution >= 4 is 0 Å². The predicted molar refractivity (Wildman–Crippen MR) is 134 cm³/mol. The van der Waals surface area contributed by atoms with Crippen LogP contribution in [0.3, 0.4) is 0 Å². The molecule has 0 aliphatic carbocycles. The van der Waals surface area contributed by atoms with Gasteiger partial charge >= 0.3 is 0 Å². The van der Waals surface area contributed by atoms with Gasteiger partial charge < -0.3 is 14.6 Å². The number of aliphatic hydroxyl groups is 1. The molecule has 4 aromatic rings. The van der Waals surface area contributed by atoms with E-state index in [0.717, 1.165) is 0 Å². The van der Waals surface area contributed by atoms with Gasteiger partial charge in [-0.05, 0) is 47.9 Å². The van der Waals surface area contributed by atoms with Crippen molar-refractivity contribution in [2.24, 2.45) is 0 Å². The van der Waals surface area contributed by atoms with Crippen LogP contribution in [-0.2, 0) is 6.61 Å². The summed E-state index contributed by atoms with van der Waals surface area (Å²) < 4.78 is 55.0. The van der Waals surface area contributed by atoms with E-state index in [1.54, 1.807) is 73.7 Å². The number of rotatable bonds is 9. The predicted octanol–water partition coefficient (Wildman–Crippen LogP) is 7.64. The molecule has 4 aromatic carbocycles. The summed E-state index contributed by atoms with van der Waals surface area (Å²) in [5, 5.41) is 9.62. The minimum atomic E-state index is -0.982. The Bertz CT molecular complexity index is 1350. The Morgan fingerprint density at radius 3 is 2.03 bits per heavy atom. The van der Waals surface area contributed by atoms with Gasteiger partial charge in [-0.15, -0.1) is 0 Å². The summed E-state index contributed by atoms with van der Waals surface area (Å²) in [5.41, 5.74) is 2.43. The first kappa shape index (κ1) is 25.1. The van der Waals surface area contributed by atoms with E-state index in [-0.39, 0.29) is 24.3 Å². The van der Waals surface area contributed by atoms with Gasteiger partial charge in [-0.25, -0.2) is 13.2 Å². The van der Waals surface area contributed by atoms with E-state index in [0.29, 0.717) is 33.8 Å². The largest absolute Gasteiger partial charge is 0.489 e. The molecule has 0 heterocycles. The van der Waals surface area contributed by atoms with E-state index >= 15 is 0 Å². The molecule has 0 amide bonds. The maximum absolute atomic E-state index is 14.8.